The molecule has 0 aliphatic carbocycles. The molecule has 2 aromatic rings. The fraction of sp³-hybridized carbons (Fsp3) is 0.571. The van der Waals surface area contributed by atoms with Gasteiger partial charge in [0.25, 0.3) is 0 Å². The van der Waals surface area contributed by atoms with E-state index in [1.807, 2.05) is 18.7 Å². The second kappa shape index (κ2) is 7.01. The van der Waals surface area contributed by atoms with Crippen LogP contribution < -0.4 is 0 Å². The molecule has 0 amide bonds. The first-order valence-electron chi connectivity index (χ1n) is 7.17. The summed E-state index contributed by atoms with van der Waals surface area (Å²) in [7, 11) is 0. The minimum absolute atomic E-state index is 0.210. The third-order valence-electron chi connectivity index (χ3n) is 3.29. The lowest BCUT2D eigenvalue weighted by molar-refractivity contribution is -0.137. The highest BCUT2D eigenvalue weighted by Gasteiger charge is 2.08. The Hall–Kier alpha value is -2.18. The molecule has 7 heteroatoms. The molecule has 0 bridgehead atoms. The fourth-order valence-corrected chi connectivity index (χ4v) is 2.20. The summed E-state index contributed by atoms with van der Waals surface area (Å²) in [6.07, 6.45) is 8.03. The molecule has 7 nitrogen and oxygen atoms in total. The number of hydrogen-bond donors (Lipinski definition) is 1. The van der Waals surface area contributed by atoms with Crippen LogP contribution in [0, 0.1) is 0 Å². The highest BCUT2D eigenvalue weighted by molar-refractivity contribution is 5.66. The lowest BCUT2D eigenvalue weighted by atomic mass is 10.1. The van der Waals surface area contributed by atoms with Gasteiger partial charge in [0.15, 0.2) is 0 Å². The van der Waals surface area contributed by atoms with Gasteiger partial charge in [0.1, 0.15) is 0 Å². The van der Waals surface area contributed by atoms with Crippen LogP contribution in [0.3, 0.4) is 0 Å². The summed E-state index contributed by atoms with van der Waals surface area (Å²) in [5.74, 6) is -0.749. The molecule has 114 valence electrons. The zero-order valence-corrected chi connectivity index (χ0v) is 12.4. The van der Waals surface area contributed by atoms with E-state index in [0.717, 1.165) is 24.2 Å². The highest BCUT2D eigenvalue weighted by atomic mass is 16.4. The summed E-state index contributed by atoms with van der Waals surface area (Å²) in [5.41, 5.74) is 1.99. The summed E-state index contributed by atoms with van der Waals surface area (Å²) in [4.78, 5) is 14.6. The molecule has 0 fully saturated rings. The quantitative estimate of drug-likeness (QED) is 0.751. The average Bonchev–Trinajstić information content (AvgIpc) is 3.04. The van der Waals surface area contributed by atoms with Gasteiger partial charge in [-0.05, 0) is 33.1 Å². The summed E-state index contributed by atoms with van der Waals surface area (Å²) < 4.78 is 3.90. The van der Waals surface area contributed by atoms with Gasteiger partial charge in [-0.2, -0.15) is 0 Å². The Balaban J connectivity index is 1.88. The van der Waals surface area contributed by atoms with Crippen LogP contribution in [-0.4, -0.2) is 35.6 Å². The van der Waals surface area contributed by atoms with Gasteiger partial charge in [0.2, 0.25) is 0 Å². The Morgan fingerprint density at radius 3 is 2.90 bits per heavy atom. The molecule has 0 atom stereocenters. The second-order valence-electron chi connectivity index (χ2n) is 5.39. The van der Waals surface area contributed by atoms with Crippen LogP contribution in [0.2, 0.25) is 0 Å². The van der Waals surface area contributed by atoms with Gasteiger partial charge in [0.05, 0.1) is 30.5 Å². The molecule has 0 spiro atoms. The largest absolute Gasteiger partial charge is 0.481 e. The SMILES string of the molecule is CC(C)n1cncc1Cn1cc(CCCCC(=O)O)nn1. The standard InChI is InChI=1S/C14H21N5O2/c1-11(2)19-10-15-7-13(19)9-18-8-12(16-17-18)5-3-4-6-14(20)21/h7-8,10-11H,3-6,9H2,1-2H3,(H,20,21). The predicted molar refractivity (Wildman–Crippen MR) is 76.9 cm³/mol. The number of nitrogens with zero attached hydrogens (tertiary/aromatic N) is 5. The van der Waals surface area contributed by atoms with E-state index in [1.54, 1.807) is 4.68 Å². The fourth-order valence-electron chi connectivity index (χ4n) is 2.20. The molecule has 0 aliphatic heterocycles. The van der Waals surface area contributed by atoms with E-state index < -0.39 is 5.97 Å². The van der Waals surface area contributed by atoms with E-state index in [4.69, 9.17) is 5.11 Å². The van der Waals surface area contributed by atoms with Crippen molar-refractivity contribution in [3.8, 4) is 0 Å². The second-order valence-corrected chi connectivity index (χ2v) is 5.39. The molecule has 0 radical (unpaired) electrons. The van der Waals surface area contributed by atoms with Crippen LogP contribution in [0.5, 0.6) is 0 Å². The van der Waals surface area contributed by atoms with Crippen molar-refractivity contribution in [3.05, 3.63) is 30.1 Å². The maximum atomic E-state index is 10.4. The van der Waals surface area contributed by atoms with Crippen molar-refractivity contribution in [2.24, 2.45) is 0 Å². The highest BCUT2D eigenvalue weighted by Crippen LogP contribution is 2.10. The molecular formula is C14H21N5O2. The summed E-state index contributed by atoms with van der Waals surface area (Å²) >= 11 is 0. The Morgan fingerprint density at radius 1 is 1.38 bits per heavy atom. The van der Waals surface area contributed by atoms with Crippen molar-refractivity contribution >= 4 is 5.97 Å². The van der Waals surface area contributed by atoms with Crippen molar-refractivity contribution < 1.29 is 9.90 Å². The van der Waals surface area contributed by atoms with Crippen molar-refractivity contribution in [3.63, 3.8) is 0 Å². The number of aryl methyl sites for hydroxylation is 1. The van der Waals surface area contributed by atoms with Gasteiger partial charge in [-0.15, -0.1) is 5.10 Å². The van der Waals surface area contributed by atoms with Gasteiger partial charge < -0.3 is 9.67 Å². The Labute approximate surface area is 123 Å². The molecule has 1 N–H and O–H groups in total. The van der Waals surface area contributed by atoms with Crippen LogP contribution >= 0.6 is 0 Å². The summed E-state index contributed by atoms with van der Waals surface area (Å²) in [6.45, 7) is 4.86. The van der Waals surface area contributed by atoms with E-state index in [1.165, 1.54) is 0 Å². The number of carboxylic acid groups (broad SMARTS) is 1. The third kappa shape index (κ3) is 4.40. The monoisotopic (exact) mass is 291 g/mol. The molecule has 2 heterocycles. The van der Waals surface area contributed by atoms with Gasteiger partial charge in [-0.1, -0.05) is 5.21 Å². The van der Waals surface area contributed by atoms with Crippen LogP contribution in [0.1, 0.15) is 50.5 Å². The van der Waals surface area contributed by atoms with E-state index in [-0.39, 0.29) is 6.42 Å². The zero-order valence-electron chi connectivity index (χ0n) is 12.4. The normalized spacial score (nSPS) is 11.2. The number of aromatic nitrogens is 5. The van der Waals surface area contributed by atoms with E-state index in [9.17, 15) is 4.79 Å². The van der Waals surface area contributed by atoms with Gasteiger partial charge in [0, 0.05) is 18.7 Å². The maximum absolute atomic E-state index is 10.4. The number of rotatable bonds is 8. The lowest BCUT2D eigenvalue weighted by Crippen LogP contribution is -2.09. The summed E-state index contributed by atoms with van der Waals surface area (Å²) in [6, 6.07) is 0.363. The Bertz CT molecular complexity index is 588. The van der Waals surface area contributed by atoms with E-state index in [0.29, 0.717) is 19.0 Å². The van der Waals surface area contributed by atoms with E-state index in [2.05, 4.69) is 33.7 Å². The molecular weight excluding hydrogens is 270 g/mol. The number of imidazole rings is 1. The van der Waals surface area contributed by atoms with Crippen LogP contribution in [0.25, 0.3) is 0 Å². The Morgan fingerprint density at radius 2 is 2.19 bits per heavy atom. The first kappa shape index (κ1) is 15.2. The number of carboxylic acids is 1. The van der Waals surface area contributed by atoms with Crippen LogP contribution in [0.4, 0.5) is 0 Å². The summed E-state index contributed by atoms with van der Waals surface area (Å²) in [5, 5.41) is 16.8. The molecule has 0 aromatic carbocycles. The van der Waals surface area contributed by atoms with Crippen LogP contribution in [-0.2, 0) is 17.8 Å². The van der Waals surface area contributed by atoms with Crippen molar-refractivity contribution in [1.29, 1.82) is 0 Å². The molecule has 0 aliphatic rings. The van der Waals surface area contributed by atoms with E-state index >= 15 is 0 Å². The Kier molecular flexibility index (Phi) is 5.08. The molecule has 0 unspecified atom stereocenters. The smallest absolute Gasteiger partial charge is 0.303 e. The van der Waals surface area contributed by atoms with Gasteiger partial charge >= 0.3 is 5.97 Å². The number of unbranched alkanes of at least 4 members (excludes halogenated alkanes) is 1. The lowest BCUT2D eigenvalue weighted by Gasteiger charge is -2.11. The van der Waals surface area contributed by atoms with Crippen LogP contribution in [0.15, 0.2) is 18.7 Å². The average molecular weight is 291 g/mol. The van der Waals surface area contributed by atoms with Crippen molar-refractivity contribution in [2.75, 3.05) is 0 Å². The number of aliphatic carboxylic acids is 1. The molecule has 2 rings (SSSR count). The maximum Gasteiger partial charge on any atom is 0.303 e. The molecule has 2 aromatic heterocycles. The van der Waals surface area contributed by atoms with Gasteiger partial charge in [-0.25, -0.2) is 9.67 Å². The van der Waals surface area contributed by atoms with Crippen molar-refractivity contribution in [2.45, 2.75) is 52.1 Å². The number of hydrogen-bond acceptors (Lipinski definition) is 4. The number of carbonyl (C=O) groups is 1. The zero-order chi connectivity index (χ0) is 15.2. The molecule has 0 saturated carbocycles. The minimum Gasteiger partial charge on any atom is -0.481 e. The minimum atomic E-state index is -0.749. The first-order chi connectivity index (χ1) is 10.1. The molecule has 0 saturated heterocycles. The predicted octanol–water partition coefficient (Wildman–Crippen LogP) is 1.90. The van der Waals surface area contributed by atoms with Gasteiger partial charge in [-0.3, -0.25) is 4.79 Å². The molecule has 21 heavy (non-hydrogen) atoms. The first-order valence-corrected chi connectivity index (χ1v) is 7.17. The van der Waals surface area contributed by atoms with Crippen molar-refractivity contribution in [1.82, 2.24) is 24.5 Å². The topological polar surface area (TPSA) is 85.8 Å². The third-order valence-corrected chi connectivity index (χ3v) is 3.29.